The molecule has 0 saturated heterocycles. The number of likely N-dealkylation sites (N-methyl/N-ethyl adjacent to an activating group) is 1. The average Bonchev–Trinajstić information content (AvgIpc) is 2.35. The van der Waals surface area contributed by atoms with Crippen LogP contribution in [0.2, 0.25) is 5.02 Å². The van der Waals surface area contributed by atoms with Crippen LogP contribution in [0.4, 0.5) is 0 Å². The fourth-order valence-corrected chi connectivity index (χ4v) is 1.76. The quantitative estimate of drug-likeness (QED) is 0.776. The SMILES string of the molecule is CCN(CCCO)CCOc1ccccc1Cl. The third kappa shape index (κ3) is 5.39. The first-order valence-corrected chi connectivity index (χ1v) is 6.36. The highest BCUT2D eigenvalue weighted by Crippen LogP contribution is 2.22. The minimum Gasteiger partial charge on any atom is -0.491 e. The van der Waals surface area contributed by atoms with Crippen LogP contribution in [-0.4, -0.2) is 42.9 Å². The van der Waals surface area contributed by atoms with Crippen LogP contribution < -0.4 is 4.74 Å². The molecule has 0 aliphatic carbocycles. The van der Waals surface area contributed by atoms with E-state index in [1.54, 1.807) is 0 Å². The zero-order chi connectivity index (χ0) is 12.5. The molecule has 1 aromatic rings. The topological polar surface area (TPSA) is 32.7 Å². The van der Waals surface area contributed by atoms with Crippen molar-refractivity contribution in [2.24, 2.45) is 0 Å². The molecule has 1 rings (SSSR count). The highest BCUT2D eigenvalue weighted by Gasteiger charge is 2.03. The first-order valence-electron chi connectivity index (χ1n) is 5.98. The van der Waals surface area contributed by atoms with Crippen molar-refractivity contribution in [1.82, 2.24) is 4.90 Å². The number of nitrogens with zero attached hydrogens (tertiary/aromatic N) is 1. The van der Waals surface area contributed by atoms with Gasteiger partial charge in [0.1, 0.15) is 12.4 Å². The molecule has 3 nitrogen and oxygen atoms in total. The van der Waals surface area contributed by atoms with Crippen LogP contribution >= 0.6 is 11.6 Å². The second-order valence-electron chi connectivity index (χ2n) is 3.79. The summed E-state index contributed by atoms with van der Waals surface area (Å²) in [6.45, 7) is 5.67. The molecule has 0 saturated carbocycles. The third-order valence-electron chi connectivity index (χ3n) is 2.58. The van der Waals surface area contributed by atoms with Crippen LogP contribution in [0.15, 0.2) is 24.3 Å². The second-order valence-corrected chi connectivity index (χ2v) is 4.20. The van der Waals surface area contributed by atoms with Gasteiger partial charge in [-0.2, -0.15) is 0 Å². The molecule has 0 aliphatic heterocycles. The molecular formula is C13H20ClNO2. The van der Waals surface area contributed by atoms with Crippen molar-refractivity contribution in [3.05, 3.63) is 29.3 Å². The Balaban J connectivity index is 2.28. The highest BCUT2D eigenvalue weighted by molar-refractivity contribution is 6.32. The van der Waals surface area contributed by atoms with Crippen LogP contribution in [0.5, 0.6) is 5.75 Å². The van der Waals surface area contributed by atoms with Crippen molar-refractivity contribution in [3.8, 4) is 5.75 Å². The van der Waals surface area contributed by atoms with Gasteiger partial charge in [0.05, 0.1) is 5.02 Å². The van der Waals surface area contributed by atoms with Crippen LogP contribution in [0.3, 0.4) is 0 Å². The lowest BCUT2D eigenvalue weighted by Gasteiger charge is -2.20. The zero-order valence-corrected chi connectivity index (χ0v) is 11.0. The smallest absolute Gasteiger partial charge is 0.137 e. The van der Waals surface area contributed by atoms with E-state index in [1.165, 1.54) is 0 Å². The Morgan fingerprint density at radius 1 is 1.29 bits per heavy atom. The molecule has 0 amide bonds. The maximum atomic E-state index is 8.78. The minimum absolute atomic E-state index is 0.238. The molecule has 0 aromatic heterocycles. The lowest BCUT2D eigenvalue weighted by molar-refractivity contribution is 0.195. The molecule has 96 valence electrons. The summed E-state index contributed by atoms with van der Waals surface area (Å²) < 4.78 is 5.61. The summed E-state index contributed by atoms with van der Waals surface area (Å²) in [5.41, 5.74) is 0. The van der Waals surface area contributed by atoms with Gasteiger partial charge in [-0.15, -0.1) is 0 Å². The molecule has 0 bridgehead atoms. The zero-order valence-electron chi connectivity index (χ0n) is 10.2. The Kier molecular flexibility index (Phi) is 7.01. The maximum absolute atomic E-state index is 8.78. The number of benzene rings is 1. The maximum Gasteiger partial charge on any atom is 0.137 e. The van der Waals surface area contributed by atoms with E-state index in [0.29, 0.717) is 11.6 Å². The monoisotopic (exact) mass is 257 g/mol. The molecule has 0 fully saturated rings. The van der Waals surface area contributed by atoms with Gasteiger partial charge in [0, 0.05) is 19.7 Å². The van der Waals surface area contributed by atoms with E-state index in [2.05, 4.69) is 11.8 Å². The molecule has 0 radical (unpaired) electrons. The number of halogens is 1. The molecule has 1 N–H and O–H groups in total. The number of aliphatic hydroxyl groups excluding tert-OH is 1. The normalized spacial score (nSPS) is 10.8. The molecule has 0 atom stereocenters. The Bertz CT molecular complexity index is 320. The van der Waals surface area contributed by atoms with Gasteiger partial charge in [0.15, 0.2) is 0 Å². The van der Waals surface area contributed by atoms with Crippen molar-refractivity contribution in [3.63, 3.8) is 0 Å². The van der Waals surface area contributed by atoms with Crippen LogP contribution in [-0.2, 0) is 0 Å². The number of rotatable bonds is 8. The molecule has 0 spiro atoms. The summed E-state index contributed by atoms with van der Waals surface area (Å²) in [6, 6.07) is 7.48. The predicted octanol–water partition coefficient (Wildman–Crippen LogP) is 2.42. The van der Waals surface area contributed by atoms with E-state index in [0.717, 1.165) is 31.8 Å². The second kappa shape index (κ2) is 8.34. The number of ether oxygens (including phenoxy) is 1. The molecule has 0 aliphatic rings. The van der Waals surface area contributed by atoms with Crippen molar-refractivity contribution in [2.45, 2.75) is 13.3 Å². The summed E-state index contributed by atoms with van der Waals surface area (Å²) in [6.07, 6.45) is 0.805. The van der Waals surface area contributed by atoms with Crippen LogP contribution in [0.1, 0.15) is 13.3 Å². The van der Waals surface area contributed by atoms with Gasteiger partial charge < -0.3 is 14.7 Å². The molecule has 0 unspecified atom stereocenters. The van der Waals surface area contributed by atoms with E-state index in [1.807, 2.05) is 24.3 Å². The molecule has 1 aromatic carbocycles. The van der Waals surface area contributed by atoms with Gasteiger partial charge in [-0.05, 0) is 25.1 Å². The van der Waals surface area contributed by atoms with E-state index in [4.69, 9.17) is 21.4 Å². The van der Waals surface area contributed by atoms with E-state index >= 15 is 0 Å². The third-order valence-corrected chi connectivity index (χ3v) is 2.89. The summed E-state index contributed by atoms with van der Waals surface area (Å²) in [4.78, 5) is 2.24. The van der Waals surface area contributed by atoms with E-state index < -0.39 is 0 Å². The minimum atomic E-state index is 0.238. The lowest BCUT2D eigenvalue weighted by atomic mass is 10.3. The number of hydrogen-bond acceptors (Lipinski definition) is 3. The summed E-state index contributed by atoms with van der Waals surface area (Å²) in [5, 5.41) is 9.42. The van der Waals surface area contributed by atoms with E-state index in [9.17, 15) is 0 Å². The van der Waals surface area contributed by atoms with Gasteiger partial charge in [-0.3, -0.25) is 0 Å². The average molecular weight is 258 g/mol. The predicted molar refractivity (Wildman–Crippen MR) is 70.8 cm³/mol. The first kappa shape index (κ1) is 14.3. The Morgan fingerprint density at radius 2 is 2.06 bits per heavy atom. The fraction of sp³-hybridized carbons (Fsp3) is 0.538. The molecular weight excluding hydrogens is 238 g/mol. The molecule has 4 heteroatoms. The Morgan fingerprint density at radius 3 is 2.71 bits per heavy atom. The summed E-state index contributed by atoms with van der Waals surface area (Å²) >= 11 is 5.99. The fourth-order valence-electron chi connectivity index (χ4n) is 1.57. The number of aliphatic hydroxyl groups is 1. The highest BCUT2D eigenvalue weighted by atomic mass is 35.5. The van der Waals surface area contributed by atoms with Gasteiger partial charge in [-0.25, -0.2) is 0 Å². The summed E-state index contributed by atoms with van der Waals surface area (Å²) in [5.74, 6) is 0.729. The van der Waals surface area contributed by atoms with Crippen molar-refractivity contribution >= 4 is 11.6 Å². The van der Waals surface area contributed by atoms with E-state index in [-0.39, 0.29) is 6.61 Å². The lowest BCUT2D eigenvalue weighted by Crippen LogP contribution is -2.29. The number of para-hydroxylation sites is 1. The number of hydrogen-bond donors (Lipinski definition) is 1. The van der Waals surface area contributed by atoms with Gasteiger partial charge in [0.25, 0.3) is 0 Å². The summed E-state index contributed by atoms with van der Waals surface area (Å²) in [7, 11) is 0. The molecule has 0 heterocycles. The Labute approximate surface area is 108 Å². The standard InChI is InChI=1S/C13H20ClNO2/c1-2-15(8-5-10-16)9-11-17-13-7-4-3-6-12(13)14/h3-4,6-7,16H,2,5,8-11H2,1H3. The molecule has 17 heavy (non-hydrogen) atoms. The van der Waals surface area contributed by atoms with Gasteiger partial charge in [-0.1, -0.05) is 30.7 Å². The van der Waals surface area contributed by atoms with Crippen molar-refractivity contribution in [1.29, 1.82) is 0 Å². The van der Waals surface area contributed by atoms with Crippen LogP contribution in [0.25, 0.3) is 0 Å². The van der Waals surface area contributed by atoms with Crippen molar-refractivity contribution < 1.29 is 9.84 Å². The first-order chi connectivity index (χ1) is 8.27. The van der Waals surface area contributed by atoms with Crippen molar-refractivity contribution in [2.75, 3.05) is 32.8 Å². The Hall–Kier alpha value is -0.770. The largest absolute Gasteiger partial charge is 0.491 e. The van der Waals surface area contributed by atoms with Crippen LogP contribution in [0, 0.1) is 0 Å². The van der Waals surface area contributed by atoms with Gasteiger partial charge in [0.2, 0.25) is 0 Å². The van der Waals surface area contributed by atoms with Gasteiger partial charge >= 0.3 is 0 Å².